The number of cyclic esters (lactones) is 1. The number of methoxy groups -OCH3 is 1. The predicted octanol–water partition coefficient (Wildman–Crippen LogP) is 3.01. The molecule has 1 fully saturated rings. The molecule has 0 N–H and O–H groups in total. The highest BCUT2D eigenvalue weighted by molar-refractivity contribution is 6.32. The average Bonchev–Trinajstić information content (AvgIpc) is 2.83. The molecular weight excluding hydrogens is 336 g/mol. The van der Waals surface area contributed by atoms with E-state index >= 15 is 0 Å². The summed E-state index contributed by atoms with van der Waals surface area (Å²) in [6.45, 7) is 4.04. The fraction of sp³-hybridized carbons (Fsp3) is 0.412. The Labute approximate surface area is 145 Å². The van der Waals surface area contributed by atoms with Gasteiger partial charge in [0.1, 0.15) is 6.10 Å². The van der Waals surface area contributed by atoms with Gasteiger partial charge in [-0.3, -0.25) is 0 Å². The summed E-state index contributed by atoms with van der Waals surface area (Å²) in [5.41, 5.74) is 0.642. The van der Waals surface area contributed by atoms with Gasteiger partial charge in [-0.15, -0.1) is 0 Å². The van der Waals surface area contributed by atoms with Crippen molar-refractivity contribution in [3.05, 3.63) is 28.8 Å². The molecule has 0 amide bonds. The molecule has 0 saturated carbocycles. The molecule has 1 saturated heterocycles. The Balaban J connectivity index is 2.08. The Bertz CT molecular complexity index is 655. The highest BCUT2D eigenvalue weighted by Crippen LogP contribution is 2.36. The number of carbonyl (C=O) groups excluding carboxylic acids is 2. The van der Waals surface area contributed by atoms with Crippen molar-refractivity contribution in [3.63, 3.8) is 0 Å². The molecule has 1 heterocycles. The van der Waals surface area contributed by atoms with Crippen LogP contribution in [0.3, 0.4) is 0 Å². The Kier molecular flexibility index (Phi) is 6.09. The first kappa shape index (κ1) is 18.1. The van der Waals surface area contributed by atoms with Gasteiger partial charge >= 0.3 is 11.9 Å². The molecule has 1 aliphatic heterocycles. The summed E-state index contributed by atoms with van der Waals surface area (Å²) in [6.07, 6.45) is 2.02. The van der Waals surface area contributed by atoms with Crippen LogP contribution in [0.5, 0.6) is 11.5 Å². The standard InChI is InChI=1S/C17H19ClO6/c1-4-22-13-9-11(8-12(18)16(13)21-3)5-6-15(19)24-14-7-10(2)23-17(14)20/h5-6,8-10,14H,4,7H2,1-3H3/b6-5+. The first-order valence-corrected chi connectivity index (χ1v) is 7.92. The zero-order chi connectivity index (χ0) is 17.7. The highest BCUT2D eigenvalue weighted by atomic mass is 35.5. The smallest absolute Gasteiger partial charge is 0.347 e. The van der Waals surface area contributed by atoms with Gasteiger partial charge in [-0.05, 0) is 37.6 Å². The van der Waals surface area contributed by atoms with Crippen LogP contribution < -0.4 is 9.47 Å². The van der Waals surface area contributed by atoms with Crippen LogP contribution in [0.2, 0.25) is 5.02 Å². The van der Waals surface area contributed by atoms with Crippen molar-refractivity contribution in [3.8, 4) is 11.5 Å². The summed E-state index contributed by atoms with van der Waals surface area (Å²) in [7, 11) is 1.50. The van der Waals surface area contributed by atoms with E-state index in [4.69, 9.17) is 30.5 Å². The van der Waals surface area contributed by atoms with Crippen LogP contribution in [0, 0.1) is 0 Å². The van der Waals surface area contributed by atoms with Crippen LogP contribution in [0.1, 0.15) is 25.8 Å². The Morgan fingerprint density at radius 3 is 2.79 bits per heavy atom. The Morgan fingerprint density at radius 2 is 2.21 bits per heavy atom. The molecule has 1 aromatic rings. The molecule has 1 aliphatic rings. The minimum atomic E-state index is -0.851. The highest BCUT2D eigenvalue weighted by Gasteiger charge is 2.34. The second-order valence-corrected chi connectivity index (χ2v) is 5.62. The topological polar surface area (TPSA) is 71.1 Å². The summed E-state index contributed by atoms with van der Waals surface area (Å²) in [5, 5.41) is 0.365. The number of hydrogen-bond donors (Lipinski definition) is 0. The summed E-state index contributed by atoms with van der Waals surface area (Å²) in [5.74, 6) is -0.235. The number of carbonyl (C=O) groups is 2. The van der Waals surface area contributed by atoms with Gasteiger partial charge in [0, 0.05) is 12.5 Å². The lowest BCUT2D eigenvalue weighted by atomic mass is 10.2. The van der Waals surface area contributed by atoms with Crippen LogP contribution in [0.15, 0.2) is 18.2 Å². The molecule has 7 heteroatoms. The Hall–Kier alpha value is -2.21. The molecule has 24 heavy (non-hydrogen) atoms. The molecule has 0 bridgehead atoms. The van der Waals surface area contributed by atoms with Gasteiger partial charge in [0.05, 0.1) is 18.7 Å². The van der Waals surface area contributed by atoms with E-state index in [9.17, 15) is 9.59 Å². The lowest BCUT2D eigenvalue weighted by molar-refractivity contribution is -0.157. The molecule has 2 unspecified atom stereocenters. The monoisotopic (exact) mass is 354 g/mol. The van der Waals surface area contributed by atoms with Crippen LogP contribution in [0.4, 0.5) is 0 Å². The van der Waals surface area contributed by atoms with Crippen molar-refractivity contribution in [2.75, 3.05) is 13.7 Å². The van der Waals surface area contributed by atoms with Crippen molar-refractivity contribution < 1.29 is 28.5 Å². The van der Waals surface area contributed by atoms with Crippen LogP contribution in [0.25, 0.3) is 6.08 Å². The van der Waals surface area contributed by atoms with Gasteiger partial charge in [-0.1, -0.05) is 11.6 Å². The maximum atomic E-state index is 11.8. The zero-order valence-electron chi connectivity index (χ0n) is 13.7. The molecule has 0 aliphatic carbocycles. The third-order valence-corrected chi connectivity index (χ3v) is 3.61. The number of halogens is 1. The molecule has 6 nitrogen and oxygen atoms in total. The fourth-order valence-electron chi connectivity index (χ4n) is 2.31. The third kappa shape index (κ3) is 4.41. The van der Waals surface area contributed by atoms with Gasteiger partial charge in [0.15, 0.2) is 11.5 Å². The molecule has 130 valence electrons. The fourth-order valence-corrected chi connectivity index (χ4v) is 2.60. The number of hydrogen-bond acceptors (Lipinski definition) is 6. The maximum absolute atomic E-state index is 11.8. The van der Waals surface area contributed by atoms with E-state index in [1.807, 2.05) is 6.92 Å². The number of rotatable bonds is 6. The molecule has 0 aromatic heterocycles. The first-order valence-electron chi connectivity index (χ1n) is 7.54. The van der Waals surface area contributed by atoms with Gasteiger partial charge in [-0.25, -0.2) is 9.59 Å². The third-order valence-electron chi connectivity index (χ3n) is 3.33. The Morgan fingerprint density at radius 1 is 1.46 bits per heavy atom. The quantitative estimate of drug-likeness (QED) is 0.577. The SMILES string of the molecule is CCOc1cc(/C=C/C(=O)OC2CC(C)OC2=O)cc(Cl)c1OC. The summed E-state index contributed by atoms with van der Waals surface area (Å²) < 4.78 is 20.7. The molecular formula is C17H19ClO6. The summed E-state index contributed by atoms with van der Waals surface area (Å²) in [6, 6.07) is 3.34. The normalized spacial score (nSPS) is 20.1. The number of ether oxygens (including phenoxy) is 4. The zero-order valence-corrected chi connectivity index (χ0v) is 14.5. The van der Waals surface area contributed by atoms with Crippen molar-refractivity contribution in [1.82, 2.24) is 0 Å². The van der Waals surface area contributed by atoms with Crippen molar-refractivity contribution >= 4 is 29.6 Å². The van der Waals surface area contributed by atoms with Gasteiger partial charge < -0.3 is 18.9 Å². The van der Waals surface area contributed by atoms with Crippen LogP contribution >= 0.6 is 11.6 Å². The second-order valence-electron chi connectivity index (χ2n) is 5.21. The molecule has 2 atom stereocenters. The van der Waals surface area contributed by atoms with Crippen LogP contribution in [-0.2, 0) is 19.1 Å². The maximum Gasteiger partial charge on any atom is 0.347 e. The van der Waals surface area contributed by atoms with Gasteiger partial charge in [-0.2, -0.15) is 0 Å². The minimum Gasteiger partial charge on any atom is -0.491 e. The summed E-state index contributed by atoms with van der Waals surface area (Å²) in [4.78, 5) is 23.3. The molecule has 0 radical (unpaired) electrons. The van der Waals surface area contributed by atoms with E-state index in [1.165, 1.54) is 19.3 Å². The lowest BCUT2D eigenvalue weighted by Gasteiger charge is -2.11. The first-order chi connectivity index (χ1) is 11.4. The minimum absolute atomic E-state index is 0.242. The summed E-state index contributed by atoms with van der Waals surface area (Å²) >= 11 is 6.14. The van der Waals surface area contributed by atoms with E-state index in [-0.39, 0.29) is 6.10 Å². The van der Waals surface area contributed by atoms with Crippen LogP contribution in [-0.4, -0.2) is 37.9 Å². The van der Waals surface area contributed by atoms with Crippen molar-refractivity contribution in [1.29, 1.82) is 0 Å². The van der Waals surface area contributed by atoms with E-state index < -0.39 is 18.0 Å². The predicted molar refractivity (Wildman–Crippen MR) is 88.3 cm³/mol. The van der Waals surface area contributed by atoms with E-state index in [0.29, 0.717) is 35.1 Å². The lowest BCUT2D eigenvalue weighted by Crippen LogP contribution is -2.21. The molecule has 1 aromatic carbocycles. The van der Waals surface area contributed by atoms with E-state index in [0.717, 1.165) is 0 Å². The molecule has 2 rings (SSSR count). The molecule has 0 spiro atoms. The van der Waals surface area contributed by atoms with Gasteiger partial charge in [0.25, 0.3) is 0 Å². The largest absolute Gasteiger partial charge is 0.491 e. The number of esters is 2. The van der Waals surface area contributed by atoms with E-state index in [1.54, 1.807) is 19.1 Å². The average molecular weight is 355 g/mol. The van der Waals surface area contributed by atoms with E-state index in [2.05, 4.69) is 0 Å². The van der Waals surface area contributed by atoms with Gasteiger partial charge in [0.2, 0.25) is 6.10 Å². The van der Waals surface area contributed by atoms with Crippen molar-refractivity contribution in [2.45, 2.75) is 32.5 Å². The second kappa shape index (κ2) is 8.06. The number of benzene rings is 1. The van der Waals surface area contributed by atoms with Crippen molar-refractivity contribution in [2.24, 2.45) is 0 Å².